The lowest BCUT2D eigenvalue weighted by molar-refractivity contribution is -0.156. The van der Waals surface area contributed by atoms with E-state index in [4.69, 9.17) is 16.3 Å². The van der Waals surface area contributed by atoms with Crippen molar-refractivity contribution >= 4 is 29.3 Å². The molecule has 1 aliphatic carbocycles. The number of nitrogens with zero attached hydrogens (tertiary/aromatic N) is 3. The molecule has 1 amide bonds. The molecule has 1 aromatic rings. The molecule has 1 N–H and O–H groups in total. The minimum atomic E-state index is -0.420. The third-order valence-corrected chi connectivity index (χ3v) is 5.62. The average molecular weight is 409 g/mol. The predicted octanol–water partition coefficient (Wildman–Crippen LogP) is 3.29. The van der Waals surface area contributed by atoms with E-state index in [1.807, 2.05) is 20.8 Å². The Morgan fingerprint density at radius 3 is 2.54 bits per heavy atom. The Morgan fingerprint density at radius 2 is 1.93 bits per heavy atom. The molecule has 1 aliphatic heterocycles. The van der Waals surface area contributed by atoms with Crippen LogP contribution in [0.5, 0.6) is 0 Å². The van der Waals surface area contributed by atoms with Crippen molar-refractivity contribution in [1.82, 2.24) is 14.9 Å². The van der Waals surface area contributed by atoms with Gasteiger partial charge in [0.1, 0.15) is 22.9 Å². The molecule has 7 nitrogen and oxygen atoms in total. The molecular weight excluding hydrogens is 380 g/mol. The molecule has 0 atom stereocenters. The van der Waals surface area contributed by atoms with E-state index < -0.39 is 5.60 Å². The quantitative estimate of drug-likeness (QED) is 0.594. The first-order valence-electron chi connectivity index (χ1n) is 9.94. The number of anilines is 1. The molecule has 154 valence electrons. The van der Waals surface area contributed by atoms with E-state index in [1.54, 1.807) is 6.07 Å². The molecule has 28 heavy (non-hydrogen) atoms. The number of carbonyl (C=O) groups excluding carboxylic acids is 2. The van der Waals surface area contributed by atoms with Crippen LogP contribution in [0.2, 0.25) is 5.15 Å². The number of amides is 1. The van der Waals surface area contributed by atoms with Gasteiger partial charge in [0.05, 0.1) is 0 Å². The lowest BCUT2D eigenvalue weighted by Gasteiger charge is -2.45. The van der Waals surface area contributed by atoms with Crippen molar-refractivity contribution in [2.24, 2.45) is 11.8 Å². The third-order valence-electron chi connectivity index (χ3n) is 5.41. The van der Waals surface area contributed by atoms with Crippen LogP contribution >= 0.6 is 11.6 Å². The zero-order chi connectivity index (χ0) is 20.3. The summed E-state index contributed by atoms with van der Waals surface area (Å²) in [7, 11) is 0. The maximum absolute atomic E-state index is 12.3. The minimum Gasteiger partial charge on any atom is -0.460 e. The monoisotopic (exact) mass is 408 g/mol. The topological polar surface area (TPSA) is 84.4 Å². The number of carbonyl (C=O) groups is 2. The lowest BCUT2D eigenvalue weighted by atomic mass is 9.77. The van der Waals surface area contributed by atoms with Crippen LogP contribution in [0, 0.1) is 11.8 Å². The molecule has 2 fully saturated rings. The van der Waals surface area contributed by atoms with Crippen molar-refractivity contribution in [1.29, 1.82) is 0 Å². The first kappa shape index (κ1) is 21.0. The fourth-order valence-corrected chi connectivity index (χ4v) is 4.02. The predicted molar refractivity (Wildman–Crippen MR) is 107 cm³/mol. The van der Waals surface area contributed by atoms with E-state index in [0.717, 1.165) is 38.8 Å². The Bertz CT molecular complexity index is 708. The van der Waals surface area contributed by atoms with Gasteiger partial charge >= 0.3 is 5.97 Å². The number of rotatable bonds is 5. The second kappa shape index (κ2) is 8.74. The molecule has 3 rings (SSSR count). The minimum absolute atomic E-state index is 0.00849. The number of nitrogens with one attached hydrogen (secondary N) is 1. The highest BCUT2D eigenvalue weighted by Gasteiger charge is 2.39. The van der Waals surface area contributed by atoms with Crippen molar-refractivity contribution in [3.05, 3.63) is 17.5 Å². The molecule has 0 radical (unpaired) electrons. The van der Waals surface area contributed by atoms with Gasteiger partial charge in [-0.2, -0.15) is 0 Å². The molecule has 0 spiro atoms. The van der Waals surface area contributed by atoms with Crippen LogP contribution in [0.3, 0.4) is 0 Å². The van der Waals surface area contributed by atoms with E-state index in [-0.39, 0.29) is 17.8 Å². The zero-order valence-corrected chi connectivity index (χ0v) is 17.5. The number of hydrogen-bond acceptors (Lipinski definition) is 6. The molecule has 0 unspecified atom stereocenters. The number of esters is 1. The van der Waals surface area contributed by atoms with Gasteiger partial charge in [0, 0.05) is 24.4 Å². The summed E-state index contributed by atoms with van der Waals surface area (Å²) in [5, 5.41) is 3.12. The second-order valence-corrected chi connectivity index (χ2v) is 9.19. The van der Waals surface area contributed by atoms with Gasteiger partial charge in [-0.05, 0) is 65.5 Å². The van der Waals surface area contributed by atoms with Gasteiger partial charge in [0.15, 0.2) is 0 Å². The van der Waals surface area contributed by atoms with E-state index in [2.05, 4.69) is 20.2 Å². The molecule has 2 heterocycles. The van der Waals surface area contributed by atoms with Gasteiger partial charge in [-0.25, -0.2) is 9.97 Å². The second-order valence-electron chi connectivity index (χ2n) is 8.81. The molecule has 8 heteroatoms. The molecular formula is C20H29ClN4O3. The summed E-state index contributed by atoms with van der Waals surface area (Å²) in [5.74, 6) is 0.740. The van der Waals surface area contributed by atoms with E-state index in [9.17, 15) is 9.59 Å². The van der Waals surface area contributed by atoms with Crippen LogP contribution in [0.4, 0.5) is 5.82 Å². The maximum atomic E-state index is 12.3. The summed E-state index contributed by atoms with van der Waals surface area (Å²) in [6, 6.07) is 2.00. The van der Waals surface area contributed by atoms with Gasteiger partial charge in [0.2, 0.25) is 5.91 Å². The van der Waals surface area contributed by atoms with Crippen LogP contribution in [-0.2, 0) is 14.3 Å². The molecule has 0 aromatic carbocycles. The number of hydrogen-bond donors (Lipinski definition) is 1. The van der Waals surface area contributed by atoms with Gasteiger partial charge in [0.25, 0.3) is 0 Å². The fourth-order valence-electron chi connectivity index (χ4n) is 3.87. The molecule has 1 aromatic heterocycles. The Balaban J connectivity index is 1.37. The van der Waals surface area contributed by atoms with Gasteiger partial charge < -0.3 is 15.0 Å². The van der Waals surface area contributed by atoms with Crippen molar-refractivity contribution in [3.63, 3.8) is 0 Å². The number of piperidine rings is 1. The fraction of sp³-hybridized carbons (Fsp3) is 0.700. The van der Waals surface area contributed by atoms with Crippen LogP contribution in [0.1, 0.15) is 52.9 Å². The van der Waals surface area contributed by atoms with E-state index in [0.29, 0.717) is 29.4 Å². The molecule has 2 aliphatic rings. The summed E-state index contributed by atoms with van der Waals surface area (Å²) in [6.07, 6.45) is 5.58. The summed E-state index contributed by atoms with van der Waals surface area (Å²) in [4.78, 5) is 34.6. The Kier molecular flexibility index (Phi) is 6.55. The van der Waals surface area contributed by atoms with Crippen molar-refractivity contribution < 1.29 is 14.3 Å². The van der Waals surface area contributed by atoms with Crippen molar-refractivity contribution in [2.45, 2.75) is 64.5 Å². The summed E-state index contributed by atoms with van der Waals surface area (Å²) >= 11 is 5.82. The standard InChI is InChI=1S/C20H29ClN4O3/c1-20(2,3)28-18(26)8-13-4-6-25(7-5-13)15-9-14(10-15)19(27)24-17-11-16(21)22-12-23-17/h11-15H,4-10H2,1-3H3,(H,22,23,24,27). The van der Waals surface area contributed by atoms with Crippen LogP contribution < -0.4 is 5.32 Å². The van der Waals surface area contributed by atoms with E-state index >= 15 is 0 Å². The van der Waals surface area contributed by atoms with Crippen LogP contribution in [0.25, 0.3) is 0 Å². The summed E-state index contributed by atoms with van der Waals surface area (Å²) < 4.78 is 5.43. The summed E-state index contributed by atoms with van der Waals surface area (Å²) in [6.45, 7) is 7.66. The molecule has 1 saturated carbocycles. The normalized spacial score (nSPS) is 23.7. The lowest BCUT2D eigenvalue weighted by Crippen LogP contribution is -2.51. The Labute approximate surface area is 171 Å². The van der Waals surface area contributed by atoms with Crippen molar-refractivity contribution in [3.8, 4) is 0 Å². The smallest absolute Gasteiger partial charge is 0.306 e. The number of aromatic nitrogens is 2. The Morgan fingerprint density at radius 1 is 1.25 bits per heavy atom. The zero-order valence-electron chi connectivity index (χ0n) is 16.8. The van der Waals surface area contributed by atoms with E-state index in [1.165, 1.54) is 6.33 Å². The van der Waals surface area contributed by atoms with Crippen molar-refractivity contribution in [2.75, 3.05) is 18.4 Å². The maximum Gasteiger partial charge on any atom is 0.306 e. The summed E-state index contributed by atoms with van der Waals surface area (Å²) in [5.41, 5.74) is -0.420. The highest BCUT2D eigenvalue weighted by atomic mass is 35.5. The van der Waals surface area contributed by atoms with Crippen LogP contribution in [-0.4, -0.2) is 51.5 Å². The molecule has 1 saturated heterocycles. The van der Waals surface area contributed by atoms with Gasteiger partial charge in [-0.15, -0.1) is 0 Å². The Hall–Kier alpha value is -1.73. The number of ether oxygens (including phenoxy) is 1. The number of likely N-dealkylation sites (tertiary alicyclic amines) is 1. The largest absolute Gasteiger partial charge is 0.460 e. The average Bonchev–Trinajstić information content (AvgIpc) is 2.53. The molecule has 0 bridgehead atoms. The van der Waals surface area contributed by atoms with Crippen LogP contribution in [0.15, 0.2) is 12.4 Å². The highest BCUT2D eigenvalue weighted by Crippen LogP contribution is 2.35. The SMILES string of the molecule is CC(C)(C)OC(=O)CC1CCN(C2CC(C(=O)Nc3cc(Cl)ncn3)C2)CC1. The number of halogens is 1. The van der Waals surface area contributed by atoms with Gasteiger partial charge in [-0.1, -0.05) is 11.6 Å². The third kappa shape index (κ3) is 5.88. The van der Waals surface area contributed by atoms with Gasteiger partial charge in [-0.3, -0.25) is 9.59 Å². The highest BCUT2D eigenvalue weighted by molar-refractivity contribution is 6.29. The first-order chi connectivity index (χ1) is 13.2. The first-order valence-corrected chi connectivity index (χ1v) is 10.3.